The average molecular weight is 257 g/mol. The highest BCUT2D eigenvalue weighted by Gasteiger charge is 2.15. The van der Waals surface area contributed by atoms with Crippen LogP contribution < -0.4 is 11.1 Å². The maximum atomic E-state index is 11.3. The van der Waals surface area contributed by atoms with Crippen molar-refractivity contribution >= 4 is 17.6 Å². The van der Waals surface area contributed by atoms with E-state index in [1.165, 1.54) is 6.20 Å². The van der Waals surface area contributed by atoms with Crippen molar-refractivity contribution in [3.63, 3.8) is 0 Å². The predicted molar refractivity (Wildman–Crippen MR) is 57.1 cm³/mol. The molecule has 18 heavy (non-hydrogen) atoms. The Hall–Kier alpha value is -2.49. The van der Waals surface area contributed by atoms with Gasteiger partial charge in [0.1, 0.15) is 12.6 Å². The van der Waals surface area contributed by atoms with E-state index >= 15 is 0 Å². The van der Waals surface area contributed by atoms with Crippen LogP contribution in [0.1, 0.15) is 0 Å². The first-order valence-corrected chi connectivity index (χ1v) is 4.82. The van der Waals surface area contributed by atoms with E-state index < -0.39 is 22.8 Å². The highest BCUT2D eigenvalue weighted by atomic mass is 16.6. The Bertz CT molecular complexity index is 470. The number of nitrogens with one attached hydrogen (secondary N) is 1. The molecule has 0 bridgehead atoms. The number of hydrogen-bond acceptors (Lipinski definition) is 6. The minimum Gasteiger partial charge on any atom is -0.381 e. The second kappa shape index (κ2) is 5.72. The third-order valence-corrected chi connectivity index (χ3v) is 1.94. The first-order valence-electron chi connectivity index (χ1n) is 4.82. The minimum absolute atomic E-state index is 0.265. The molecule has 0 aliphatic carbocycles. The number of primary amides is 1. The van der Waals surface area contributed by atoms with Gasteiger partial charge in [-0.3, -0.25) is 9.59 Å². The monoisotopic (exact) mass is 257 g/mol. The van der Waals surface area contributed by atoms with Gasteiger partial charge in [-0.15, -0.1) is 0 Å². The third kappa shape index (κ3) is 3.83. The molecule has 0 aliphatic heterocycles. The van der Waals surface area contributed by atoms with Crippen LogP contribution in [0, 0.1) is 10.1 Å². The van der Waals surface area contributed by atoms with Crippen LogP contribution in [-0.4, -0.2) is 44.3 Å². The summed E-state index contributed by atoms with van der Waals surface area (Å²) in [4.78, 5) is 31.4. The van der Waals surface area contributed by atoms with Crippen molar-refractivity contribution in [3.8, 4) is 0 Å². The maximum absolute atomic E-state index is 11.3. The Morgan fingerprint density at radius 3 is 2.83 bits per heavy atom. The van der Waals surface area contributed by atoms with Gasteiger partial charge in [-0.05, 0) is 4.92 Å². The van der Waals surface area contributed by atoms with Crippen molar-refractivity contribution in [3.05, 3.63) is 22.4 Å². The van der Waals surface area contributed by atoms with Gasteiger partial charge >= 0.3 is 5.82 Å². The number of hydrogen-bond donors (Lipinski definition) is 3. The van der Waals surface area contributed by atoms with E-state index in [-0.39, 0.29) is 18.9 Å². The number of nitrogens with two attached hydrogens (primary N) is 1. The highest BCUT2D eigenvalue weighted by molar-refractivity contribution is 5.80. The zero-order valence-corrected chi connectivity index (χ0v) is 9.15. The highest BCUT2D eigenvalue weighted by Crippen LogP contribution is 2.04. The molecule has 4 N–H and O–H groups in total. The summed E-state index contributed by atoms with van der Waals surface area (Å²) in [6.45, 7) is -0.586. The van der Waals surface area contributed by atoms with Crippen LogP contribution in [-0.2, 0) is 16.1 Å². The molecule has 10 nitrogen and oxygen atoms in total. The van der Waals surface area contributed by atoms with Crippen LogP contribution in [0.15, 0.2) is 12.3 Å². The fourth-order valence-corrected chi connectivity index (χ4v) is 1.05. The second-order valence-electron chi connectivity index (χ2n) is 3.35. The van der Waals surface area contributed by atoms with E-state index in [4.69, 9.17) is 10.8 Å². The molecule has 1 atom stereocenters. The third-order valence-electron chi connectivity index (χ3n) is 1.94. The Balaban J connectivity index is 2.44. The van der Waals surface area contributed by atoms with Gasteiger partial charge in [-0.2, -0.15) is 4.68 Å². The molecule has 1 aromatic heterocycles. The molecule has 1 heterocycles. The van der Waals surface area contributed by atoms with Gasteiger partial charge in [0.2, 0.25) is 11.8 Å². The number of nitrogens with zero attached hydrogens (tertiary/aromatic N) is 3. The standard InChI is InChI=1S/C8H11N5O5/c9-8(16)5(14)3-10-7(15)4-12-2-1-6(11-12)13(17)18/h1-2,5,14H,3-4H2,(H2,9,16)(H,10,15). The molecule has 0 saturated carbocycles. The van der Waals surface area contributed by atoms with Gasteiger partial charge in [-0.25, -0.2) is 0 Å². The zero-order valence-electron chi connectivity index (χ0n) is 9.15. The number of amides is 2. The normalized spacial score (nSPS) is 11.8. The molecular weight excluding hydrogens is 246 g/mol. The van der Waals surface area contributed by atoms with E-state index in [9.17, 15) is 19.7 Å². The topological polar surface area (TPSA) is 153 Å². The first kappa shape index (κ1) is 13.6. The number of aliphatic hydroxyl groups excluding tert-OH is 1. The smallest absolute Gasteiger partial charge is 0.381 e. The van der Waals surface area contributed by atoms with Crippen LogP contribution in [0.5, 0.6) is 0 Å². The summed E-state index contributed by atoms with van der Waals surface area (Å²) in [6, 6.07) is 1.14. The van der Waals surface area contributed by atoms with Crippen molar-refractivity contribution in [1.82, 2.24) is 15.1 Å². The van der Waals surface area contributed by atoms with Crippen molar-refractivity contribution < 1.29 is 19.6 Å². The molecule has 0 aromatic carbocycles. The van der Waals surface area contributed by atoms with Gasteiger partial charge in [0.05, 0.1) is 23.9 Å². The van der Waals surface area contributed by atoms with E-state index in [0.717, 1.165) is 10.7 Å². The lowest BCUT2D eigenvalue weighted by atomic mass is 10.3. The summed E-state index contributed by atoms with van der Waals surface area (Å²) in [7, 11) is 0. The first-order chi connectivity index (χ1) is 8.40. The molecule has 1 aromatic rings. The molecule has 0 radical (unpaired) electrons. The SMILES string of the molecule is NC(=O)C(O)CNC(=O)Cn1ccc([N+](=O)[O-])n1. The summed E-state index contributed by atoms with van der Waals surface area (Å²) in [5.74, 6) is -1.89. The summed E-state index contributed by atoms with van der Waals surface area (Å²) >= 11 is 0. The summed E-state index contributed by atoms with van der Waals surface area (Å²) in [6.07, 6.45) is -0.205. The van der Waals surface area contributed by atoms with Crippen LogP contribution in [0.3, 0.4) is 0 Å². The van der Waals surface area contributed by atoms with Crippen LogP contribution in [0.2, 0.25) is 0 Å². The number of aliphatic hydroxyl groups is 1. The summed E-state index contributed by atoms with van der Waals surface area (Å²) < 4.78 is 1.06. The molecule has 0 fully saturated rings. The quantitative estimate of drug-likeness (QED) is 0.386. The molecule has 1 unspecified atom stereocenters. The Labute approximate surface area is 101 Å². The molecule has 2 amide bonds. The minimum atomic E-state index is -1.47. The number of nitro groups is 1. The van der Waals surface area contributed by atoms with Crippen LogP contribution >= 0.6 is 0 Å². The maximum Gasteiger partial charge on any atom is 0.389 e. The number of carbonyl (C=O) groups is 2. The number of rotatable bonds is 6. The van der Waals surface area contributed by atoms with E-state index in [0.29, 0.717) is 0 Å². The number of carbonyl (C=O) groups excluding carboxylic acids is 2. The second-order valence-corrected chi connectivity index (χ2v) is 3.35. The van der Waals surface area contributed by atoms with Gasteiger partial charge in [0, 0.05) is 0 Å². The fourth-order valence-electron chi connectivity index (χ4n) is 1.05. The average Bonchev–Trinajstić information content (AvgIpc) is 2.74. The largest absolute Gasteiger partial charge is 0.389 e. The van der Waals surface area contributed by atoms with Crippen molar-refractivity contribution in [2.75, 3.05) is 6.54 Å². The molecule has 98 valence electrons. The van der Waals surface area contributed by atoms with Gasteiger partial charge in [-0.1, -0.05) is 0 Å². The molecule has 0 spiro atoms. The number of aromatic nitrogens is 2. The molecular formula is C8H11N5O5. The van der Waals surface area contributed by atoms with Gasteiger partial charge in [0.15, 0.2) is 0 Å². The lowest BCUT2D eigenvalue weighted by Gasteiger charge is -2.07. The van der Waals surface area contributed by atoms with Crippen molar-refractivity contribution in [2.24, 2.45) is 5.73 Å². The lowest BCUT2D eigenvalue weighted by Crippen LogP contribution is -2.41. The molecule has 10 heteroatoms. The van der Waals surface area contributed by atoms with Gasteiger partial charge < -0.3 is 26.3 Å². The Morgan fingerprint density at radius 2 is 2.33 bits per heavy atom. The fraction of sp³-hybridized carbons (Fsp3) is 0.375. The Kier molecular flexibility index (Phi) is 4.32. The lowest BCUT2D eigenvalue weighted by molar-refractivity contribution is -0.389. The molecule has 0 saturated heterocycles. The van der Waals surface area contributed by atoms with E-state index in [2.05, 4.69) is 10.4 Å². The summed E-state index contributed by atoms with van der Waals surface area (Å²) in [5.41, 5.74) is 4.78. The van der Waals surface area contributed by atoms with Crippen LogP contribution in [0.25, 0.3) is 0 Å². The molecule has 0 aliphatic rings. The Morgan fingerprint density at radius 1 is 1.67 bits per heavy atom. The van der Waals surface area contributed by atoms with Gasteiger partial charge in [0.25, 0.3) is 0 Å². The van der Waals surface area contributed by atoms with Crippen molar-refractivity contribution in [2.45, 2.75) is 12.6 Å². The van der Waals surface area contributed by atoms with Crippen LogP contribution in [0.4, 0.5) is 5.82 Å². The predicted octanol–water partition coefficient (Wildman–Crippen LogP) is -2.25. The molecule has 1 rings (SSSR count). The summed E-state index contributed by atoms with van der Waals surface area (Å²) in [5, 5.41) is 25.1. The van der Waals surface area contributed by atoms with Crippen molar-refractivity contribution in [1.29, 1.82) is 0 Å². The van der Waals surface area contributed by atoms with E-state index in [1.807, 2.05) is 0 Å². The van der Waals surface area contributed by atoms with E-state index in [1.54, 1.807) is 0 Å². The zero-order chi connectivity index (χ0) is 13.7.